The molecule has 106 valence electrons. The molecule has 2 aliphatic rings. The van der Waals surface area contributed by atoms with Crippen LogP contribution in [0.2, 0.25) is 0 Å². The molecular weight excluding hydrogens is 268 g/mol. The number of nitrogens with zero attached hydrogens (tertiary/aromatic N) is 1. The fraction of sp³-hybridized carbons (Fsp3) is 0.267. The van der Waals surface area contributed by atoms with Crippen LogP contribution >= 0.6 is 0 Å². The monoisotopic (exact) mass is 282 g/mol. The van der Waals surface area contributed by atoms with Gasteiger partial charge in [0.25, 0.3) is 11.8 Å². The first kappa shape index (κ1) is 12.1. The molecule has 0 bridgehead atoms. The van der Waals surface area contributed by atoms with Gasteiger partial charge < -0.3 is 15.6 Å². The predicted molar refractivity (Wildman–Crippen MR) is 76.0 cm³/mol. The lowest BCUT2D eigenvalue weighted by Crippen LogP contribution is -2.46. The lowest BCUT2D eigenvalue weighted by atomic mass is 9.89. The summed E-state index contributed by atoms with van der Waals surface area (Å²) in [5, 5.41) is 5.63. The summed E-state index contributed by atoms with van der Waals surface area (Å²) < 4.78 is 0. The van der Waals surface area contributed by atoms with Crippen LogP contribution in [0.3, 0.4) is 0 Å². The predicted octanol–water partition coefficient (Wildman–Crippen LogP) is 1.47. The summed E-state index contributed by atoms with van der Waals surface area (Å²) in [6.07, 6.45) is 0. The summed E-state index contributed by atoms with van der Waals surface area (Å²) in [4.78, 5) is 32.3. The van der Waals surface area contributed by atoms with Gasteiger partial charge in [0.2, 0.25) is 0 Å². The number of nitrogens with one attached hydrogen (secondary N) is 3. The minimum absolute atomic E-state index is 0.153. The van der Waals surface area contributed by atoms with Gasteiger partial charge in [0.05, 0.1) is 5.69 Å². The number of para-hydroxylation sites is 1. The average molecular weight is 282 g/mol. The largest absolute Gasteiger partial charge is 0.342 e. The molecular formula is C15H14N4O2. The van der Waals surface area contributed by atoms with Gasteiger partial charge in [-0.2, -0.15) is 0 Å². The highest BCUT2D eigenvalue weighted by molar-refractivity contribution is 6.15. The van der Waals surface area contributed by atoms with E-state index in [-0.39, 0.29) is 17.7 Å². The third-order valence-corrected chi connectivity index (χ3v) is 4.08. The molecule has 4 rings (SSSR count). The lowest BCUT2D eigenvalue weighted by Gasteiger charge is -2.21. The number of hydrogen-bond acceptors (Lipinski definition) is 3. The van der Waals surface area contributed by atoms with Gasteiger partial charge in [-0.05, 0) is 6.07 Å². The summed E-state index contributed by atoms with van der Waals surface area (Å²) in [6.45, 7) is 3.97. The fourth-order valence-corrected chi connectivity index (χ4v) is 3.02. The summed E-state index contributed by atoms with van der Waals surface area (Å²) >= 11 is 0. The van der Waals surface area contributed by atoms with Crippen molar-refractivity contribution in [3.8, 4) is 0 Å². The molecule has 1 aromatic carbocycles. The lowest BCUT2D eigenvalue weighted by molar-refractivity contribution is -0.120. The van der Waals surface area contributed by atoms with Crippen molar-refractivity contribution in [3.63, 3.8) is 0 Å². The Kier molecular flexibility index (Phi) is 2.15. The Labute approximate surface area is 121 Å². The van der Waals surface area contributed by atoms with E-state index in [4.69, 9.17) is 0 Å². The number of carbonyl (C=O) groups is 2. The van der Waals surface area contributed by atoms with Crippen LogP contribution in [0.25, 0.3) is 0 Å². The van der Waals surface area contributed by atoms with Crippen LogP contribution in [0, 0.1) is 0 Å². The van der Waals surface area contributed by atoms with Crippen LogP contribution in [0.1, 0.15) is 47.3 Å². The van der Waals surface area contributed by atoms with Crippen LogP contribution in [-0.4, -0.2) is 21.8 Å². The smallest absolute Gasteiger partial charge is 0.273 e. The number of anilines is 1. The van der Waals surface area contributed by atoms with Crippen LogP contribution in [0.4, 0.5) is 5.69 Å². The van der Waals surface area contributed by atoms with E-state index in [1.54, 1.807) is 0 Å². The highest BCUT2D eigenvalue weighted by Crippen LogP contribution is 2.44. The molecule has 1 aromatic heterocycles. The highest BCUT2D eigenvalue weighted by atomic mass is 16.2. The molecule has 1 unspecified atom stereocenters. The average Bonchev–Trinajstić information content (AvgIpc) is 3.07. The van der Waals surface area contributed by atoms with E-state index in [0.717, 1.165) is 11.3 Å². The number of hydrogen-bond donors (Lipinski definition) is 3. The maximum atomic E-state index is 12.6. The number of fused-ring (bicyclic) bond motifs is 4. The quantitative estimate of drug-likeness (QED) is 0.740. The zero-order valence-corrected chi connectivity index (χ0v) is 11.7. The second-order valence-electron chi connectivity index (χ2n) is 5.70. The molecule has 6 nitrogen and oxygen atoms in total. The van der Waals surface area contributed by atoms with Gasteiger partial charge in [-0.1, -0.05) is 32.0 Å². The first-order valence-corrected chi connectivity index (χ1v) is 6.88. The fourth-order valence-electron chi connectivity index (χ4n) is 3.02. The molecule has 0 fully saturated rings. The maximum absolute atomic E-state index is 12.6. The Morgan fingerprint density at radius 1 is 1.19 bits per heavy atom. The third kappa shape index (κ3) is 1.34. The highest BCUT2D eigenvalue weighted by Gasteiger charge is 2.57. The zero-order chi connectivity index (χ0) is 14.8. The minimum atomic E-state index is -1.18. The van der Waals surface area contributed by atoms with Crippen LogP contribution in [0.15, 0.2) is 24.3 Å². The molecule has 21 heavy (non-hydrogen) atoms. The summed E-state index contributed by atoms with van der Waals surface area (Å²) in [5.41, 5.74) is 1.14. The van der Waals surface area contributed by atoms with Gasteiger partial charge in [-0.15, -0.1) is 0 Å². The van der Waals surface area contributed by atoms with Crippen molar-refractivity contribution in [1.82, 2.24) is 15.3 Å². The first-order chi connectivity index (χ1) is 10.0. The van der Waals surface area contributed by atoms with Crippen molar-refractivity contribution in [2.24, 2.45) is 0 Å². The van der Waals surface area contributed by atoms with E-state index in [1.807, 2.05) is 38.1 Å². The number of benzene rings is 1. The molecule has 0 saturated heterocycles. The van der Waals surface area contributed by atoms with E-state index < -0.39 is 5.54 Å². The number of aromatic amines is 1. The van der Waals surface area contributed by atoms with Gasteiger partial charge in [-0.3, -0.25) is 9.59 Å². The number of rotatable bonds is 1. The molecule has 2 aromatic rings. The standard InChI is InChI=1S/C15H14N4O2/c1-7(2)12-17-10-11(18-12)15(19-13(10)20)8-5-3-4-6-9(8)16-14(15)21/h3-7H,1-2H3,(H,16,21)(H,17,18)(H,19,20). The number of H-pyrrole nitrogens is 1. The number of aromatic nitrogens is 2. The third-order valence-electron chi connectivity index (χ3n) is 4.08. The number of imidazole rings is 1. The Bertz CT molecular complexity index is 793. The van der Waals surface area contributed by atoms with Crippen molar-refractivity contribution < 1.29 is 9.59 Å². The number of carbonyl (C=O) groups excluding carboxylic acids is 2. The van der Waals surface area contributed by atoms with Gasteiger partial charge in [-0.25, -0.2) is 4.98 Å². The topological polar surface area (TPSA) is 86.9 Å². The number of amides is 2. The van der Waals surface area contributed by atoms with Crippen LogP contribution in [0.5, 0.6) is 0 Å². The second kappa shape index (κ2) is 3.72. The molecule has 3 heterocycles. The van der Waals surface area contributed by atoms with Crippen molar-refractivity contribution in [2.45, 2.75) is 25.3 Å². The van der Waals surface area contributed by atoms with Gasteiger partial charge >= 0.3 is 0 Å². The van der Waals surface area contributed by atoms with E-state index in [2.05, 4.69) is 20.6 Å². The molecule has 0 aliphatic carbocycles. The Balaban J connectivity index is 2.00. The van der Waals surface area contributed by atoms with E-state index in [0.29, 0.717) is 17.2 Å². The van der Waals surface area contributed by atoms with E-state index in [9.17, 15) is 9.59 Å². The molecule has 6 heteroatoms. The Morgan fingerprint density at radius 2 is 1.95 bits per heavy atom. The first-order valence-electron chi connectivity index (χ1n) is 6.88. The van der Waals surface area contributed by atoms with E-state index >= 15 is 0 Å². The van der Waals surface area contributed by atoms with Crippen molar-refractivity contribution in [3.05, 3.63) is 47.0 Å². The molecule has 0 radical (unpaired) electrons. The minimum Gasteiger partial charge on any atom is -0.342 e. The molecule has 0 saturated carbocycles. The van der Waals surface area contributed by atoms with Crippen molar-refractivity contribution >= 4 is 17.5 Å². The van der Waals surface area contributed by atoms with Crippen LogP contribution < -0.4 is 10.6 Å². The summed E-state index contributed by atoms with van der Waals surface area (Å²) in [5.74, 6) is 0.293. The van der Waals surface area contributed by atoms with Crippen molar-refractivity contribution in [1.29, 1.82) is 0 Å². The summed E-state index contributed by atoms with van der Waals surface area (Å²) in [6, 6.07) is 7.37. The normalized spacial score (nSPS) is 22.4. The molecule has 2 amide bonds. The second-order valence-corrected chi connectivity index (χ2v) is 5.70. The Hall–Kier alpha value is -2.63. The van der Waals surface area contributed by atoms with E-state index in [1.165, 1.54) is 0 Å². The summed E-state index contributed by atoms with van der Waals surface area (Å²) in [7, 11) is 0. The molecule has 3 N–H and O–H groups in total. The van der Waals surface area contributed by atoms with Gasteiger partial charge in [0, 0.05) is 17.2 Å². The SMILES string of the molecule is CC(C)c1nc2c([nH]1)C1(NC2=O)C(=O)Nc2ccccc21. The maximum Gasteiger partial charge on any atom is 0.273 e. The van der Waals surface area contributed by atoms with Gasteiger partial charge in [0.15, 0.2) is 11.2 Å². The van der Waals surface area contributed by atoms with Crippen LogP contribution in [-0.2, 0) is 10.3 Å². The molecule has 1 spiro atoms. The molecule has 2 aliphatic heterocycles. The Morgan fingerprint density at radius 3 is 2.71 bits per heavy atom. The molecule has 1 atom stereocenters. The van der Waals surface area contributed by atoms with Crippen molar-refractivity contribution in [2.75, 3.05) is 5.32 Å². The zero-order valence-electron chi connectivity index (χ0n) is 11.7. The van der Waals surface area contributed by atoms with Gasteiger partial charge in [0.1, 0.15) is 5.82 Å².